The average molecular weight is 1100 g/mol. The van der Waals surface area contributed by atoms with Crippen molar-refractivity contribution >= 4 is 23.4 Å². The van der Waals surface area contributed by atoms with Crippen LogP contribution in [0.1, 0.15) is 355 Å². The van der Waals surface area contributed by atoms with Crippen molar-refractivity contribution in [1.29, 1.82) is 0 Å². The van der Waals surface area contributed by atoms with Crippen LogP contribution in [0.5, 0.6) is 0 Å². The van der Waals surface area contributed by atoms with Crippen molar-refractivity contribution in [1.82, 2.24) is 25.8 Å². The smallest absolute Gasteiger partial charge is 0.221 e. The molecule has 9 nitrogen and oxygen atoms in total. The van der Waals surface area contributed by atoms with Gasteiger partial charge in [-0.3, -0.25) is 19.2 Å². The Balaban J connectivity index is 5.07. The molecule has 0 spiro atoms. The molecule has 0 bridgehead atoms. The molecule has 0 aliphatic carbocycles. The van der Waals surface area contributed by atoms with Crippen molar-refractivity contribution in [2.45, 2.75) is 355 Å². The minimum atomic E-state index is 0.139. The maximum absolute atomic E-state index is 13.2. The van der Waals surface area contributed by atoms with Crippen LogP contribution in [-0.4, -0.2) is 98.6 Å². The highest BCUT2D eigenvalue weighted by atomic mass is 16.2. The summed E-state index contributed by atoms with van der Waals surface area (Å²) in [6.07, 6.45) is 60.9. The molecule has 9 heteroatoms. The Bertz CT molecular complexity index is 1220. The van der Waals surface area contributed by atoms with Gasteiger partial charge in [0, 0.05) is 77.8 Å². The van der Waals surface area contributed by atoms with Gasteiger partial charge in [0.15, 0.2) is 0 Å². The summed E-state index contributed by atoms with van der Waals surface area (Å²) >= 11 is 0. The molecule has 0 saturated carbocycles. The zero-order chi connectivity index (χ0) is 56.7. The molecule has 0 rings (SSSR count). The normalized spacial score (nSPS) is 11.6. The van der Waals surface area contributed by atoms with Gasteiger partial charge in [-0.15, -0.1) is 0 Å². The Labute approximate surface area is 486 Å². The molecule has 0 aromatic carbocycles. The fourth-order valence-corrected chi connectivity index (χ4v) is 11.0. The van der Waals surface area contributed by atoms with Gasteiger partial charge in [-0.05, 0) is 71.1 Å². The van der Waals surface area contributed by atoms with Crippen LogP contribution < -0.4 is 16.0 Å². The SMILES string of the molecule is CCCCCCCCCCCCCC(=O)CCN(CCCCN(CCCNCCC(=O)NCCCCCCCCCCCC)CCC(=O)NCCCCCCCCCCCC)CCC(=O)CCCCCCCCCCCCC. The van der Waals surface area contributed by atoms with Gasteiger partial charge in [0.1, 0.15) is 11.6 Å². The van der Waals surface area contributed by atoms with E-state index in [1.165, 1.54) is 231 Å². The topological polar surface area (TPSA) is 111 Å². The summed E-state index contributed by atoms with van der Waals surface area (Å²) in [6.45, 7) is 17.2. The molecule has 0 unspecified atom stereocenters. The van der Waals surface area contributed by atoms with E-state index in [1.54, 1.807) is 0 Å². The van der Waals surface area contributed by atoms with Gasteiger partial charge in [-0.2, -0.15) is 0 Å². The molecule has 462 valence electrons. The van der Waals surface area contributed by atoms with Crippen LogP contribution in [0.25, 0.3) is 0 Å². The zero-order valence-electron chi connectivity index (χ0n) is 53.2. The van der Waals surface area contributed by atoms with Crippen molar-refractivity contribution in [2.24, 2.45) is 0 Å². The van der Waals surface area contributed by atoms with Crippen LogP contribution in [0, 0.1) is 0 Å². The van der Waals surface area contributed by atoms with Crippen LogP contribution in [0.4, 0.5) is 0 Å². The monoisotopic (exact) mass is 1100 g/mol. The summed E-state index contributed by atoms with van der Waals surface area (Å²) in [4.78, 5) is 56.7. The van der Waals surface area contributed by atoms with Crippen LogP contribution in [-0.2, 0) is 19.2 Å². The van der Waals surface area contributed by atoms with E-state index in [1.807, 2.05) is 0 Å². The van der Waals surface area contributed by atoms with Gasteiger partial charge < -0.3 is 25.8 Å². The second-order valence-corrected chi connectivity index (χ2v) is 24.2. The third-order valence-electron chi connectivity index (χ3n) is 16.4. The number of amides is 2. The number of nitrogens with one attached hydrogen (secondary N) is 3. The molecule has 0 saturated heterocycles. The van der Waals surface area contributed by atoms with E-state index >= 15 is 0 Å². The number of hydrogen-bond acceptors (Lipinski definition) is 7. The Morgan fingerprint density at radius 2 is 0.500 bits per heavy atom. The minimum Gasteiger partial charge on any atom is -0.356 e. The molecule has 0 aliphatic heterocycles. The van der Waals surface area contributed by atoms with Gasteiger partial charge in [0.2, 0.25) is 11.8 Å². The van der Waals surface area contributed by atoms with Crippen LogP contribution in [0.15, 0.2) is 0 Å². The first kappa shape index (κ1) is 76.2. The summed E-state index contributed by atoms with van der Waals surface area (Å²) in [5.74, 6) is 1.04. The minimum absolute atomic E-state index is 0.139. The van der Waals surface area contributed by atoms with Crippen molar-refractivity contribution in [3.63, 3.8) is 0 Å². The second kappa shape index (κ2) is 64.3. The van der Waals surface area contributed by atoms with E-state index in [0.717, 1.165) is 117 Å². The van der Waals surface area contributed by atoms with Gasteiger partial charge in [-0.25, -0.2) is 0 Å². The fraction of sp³-hybridized carbons (Fsp3) is 0.942. The highest BCUT2D eigenvalue weighted by Gasteiger charge is 2.14. The molecule has 3 N–H and O–H groups in total. The van der Waals surface area contributed by atoms with E-state index in [4.69, 9.17) is 0 Å². The number of unbranched alkanes of at least 4 members (excludes halogenated alkanes) is 39. The van der Waals surface area contributed by atoms with E-state index in [-0.39, 0.29) is 11.8 Å². The molecule has 0 fully saturated rings. The molecular formula is C69H137N5O4. The molecule has 2 amide bonds. The highest BCUT2D eigenvalue weighted by Crippen LogP contribution is 2.16. The van der Waals surface area contributed by atoms with Gasteiger partial charge >= 0.3 is 0 Å². The standard InChI is InChI=1S/C69H137N5O4/c1-5-9-13-17-21-25-29-31-35-39-43-50-66(75)53-63-74(64-54-67(76)51-44-40-36-32-30-26-22-18-14-10-6-2)61-48-47-60-73(65-55-69(78)72-58-46-42-38-34-28-24-20-16-12-8-4)62-49-56-70-59-52-68(77)71-57-45-41-37-33-27-23-19-15-11-7-3/h70H,5-65H2,1-4H3,(H,71,77)(H,72,78). The summed E-state index contributed by atoms with van der Waals surface area (Å²) in [6, 6.07) is 0. The lowest BCUT2D eigenvalue weighted by molar-refractivity contribution is -0.122. The number of ketones is 2. The summed E-state index contributed by atoms with van der Waals surface area (Å²) in [7, 11) is 0. The number of carbonyl (C=O) groups is 4. The van der Waals surface area contributed by atoms with E-state index in [2.05, 4.69) is 53.4 Å². The van der Waals surface area contributed by atoms with Crippen LogP contribution in [0.2, 0.25) is 0 Å². The third-order valence-corrected chi connectivity index (χ3v) is 16.4. The lowest BCUT2D eigenvalue weighted by Gasteiger charge is -2.24. The summed E-state index contributed by atoms with van der Waals surface area (Å²) in [5.41, 5.74) is 0. The molecule has 0 aromatic heterocycles. The molecule has 78 heavy (non-hydrogen) atoms. The van der Waals surface area contributed by atoms with Gasteiger partial charge in [0.25, 0.3) is 0 Å². The van der Waals surface area contributed by atoms with Crippen LogP contribution in [0.3, 0.4) is 0 Å². The Hall–Kier alpha value is -1.84. The highest BCUT2D eigenvalue weighted by molar-refractivity contribution is 5.79. The quantitative estimate of drug-likeness (QED) is 0.0520. The lowest BCUT2D eigenvalue weighted by atomic mass is 10.0. The molecule has 0 radical (unpaired) electrons. The zero-order valence-corrected chi connectivity index (χ0v) is 53.2. The summed E-state index contributed by atoms with van der Waals surface area (Å²) in [5, 5.41) is 9.85. The molecule has 0 aliphatic rings. The third kappa shape index (κ3) is 60.3. The van der Waals surface area contributed by atoms with Crippen LogP contribution >= 0.6 is 0 Å². The van der Waals surface area contributed by atoms with E-state index in [0.29, 0.717) is 56.6 Å². The Morgan fingerprint density at radius 3 is 0.846 bits per heavy atom. The summed E-state index contributed by atoms with van der Waals surface area (Å²) < 4.78 is 0. The first-order chi connectivity index (χ1) is 38.4. The number of rotatable bonds is 67. The average Bonchev–Trinajstić information content (AvgIpc) is 3.44. The van der Waals surface area contributed by atoms with E-state index < -0.39 is 0 Å². The number of nitrogens with zero attached hydrogens (tertiary/aromatic N) is 2. The van der Waals surface area contributed by atoms with Crippen molar-refractivity contribution in [3.8, 4) is 0 Å². The van der Waals surface area contributed by atoms with E-state index in [9.17, 15) is 19.2 Å². The van der Waals surface area contributed by atoms with Crippen molar-refractivity contribution in [3.05, 3.63) is 0 Å². The first-order valence-corrected chi connectivity index (χ1v) is 35.1. The largest absolute Gasteiger partial charge is 0.356 e. The second-order valence-electron chi connectivity index (χ2n) is 24.2. The predicted octanol–water partition coefficient (Wildman–Crippen LogP) is 18.5. The number of carbonyl (C=O) groups excluding carboxylic acids is 4. The maximum Gasteiger partial charge on any atom is 0.221 e. The predicted molar refractivity (Wildman–Crippen MR) is 340 cm³/mol. The van der Waals surface area contributed by atoms with Gasteiger partial charge in [0.05, 0.1) is 0 Å². The maximum atomic E-state index is 13.2. The Kier molecular flexibility index (Phi) is 62.8. The van der Waals surface area contributed by atoms with Crippen molar-refractivity contribution < 1.29 is 19.2 Å². The fourth-order valence-electron chi connectivity index (χ4n) is 11.0. The first-order valence-electron chi connectivity index (χ1n) is 35.1. The number of Topliss-reactive ketones (excluding diaryl/α,β-unsaturated/α-hetero) is 2. The number of hydrogen-bond donors (Lipinski definition) is 3. The molecule has 0 atom stereocenters. The molecule has 0 aromatic rings. The van der Waals surface area contributed by atoms with Crippen molar-refractivity contribution in [2.75, 3.05) is 65.4 Å². The molecular weight excluding hydrogens is 963 g/mol. The molecule has 0 heterocycles. The Morgan fingerprint density at radius 1 is 0.231 bits per heavy atom. The lowest BCUT2D eigenvalue weighted by Crippen LogP contribution is -2.35. The van der Waals surface area contributed by atoms with Gasteiger partial charge in [-0.1, -0.05) is 272 Å².